The Kier molecular flexibility index (Phi) is 6.13. The molecule has 0 aliphatic heterocycles. The van der Waals surface area contributed by atoms with E-state index in [2.05, 4.69) is 44.0 Å². The van der Waals surface area contributed by atoms with E-state index in [4.69, 9.17) is 0 Å². The van der Waals surface area contributed by atoms with Crippen molar-refractivity contribution in [3.05, 3.63) is 29.6 Å². The molecular weight excluding hydrogens is 227 g/mol. The molecule has 0 aliphatic rings. The lowest BCUT2D eigenvalue weighted by atomic mass is 10.1. The number of halogens is 1. The first kappa shape index (κ1) is 15.0. The number of nitrogens with zero attached hydrogens (tertiary/aromatic N) is 1. The van der Waals surface area contributed by atoms with Crippen LogP contribution in [0.4, 0.5) is 10.1 Å². The van der Waals surface area contributed by atoms with E-state index in [-0.39, 0.29) is 5.82 Å². The van der Waals surface area contributed by atoms with Crippen LogP contribution in [-0.2, 0) is 6.54 Å². The first-order valence-corrected chi connectivity index (χ1v) is 6.81. The van der Waals surface area contributed by atoms with Crippen LogP contribution in [0.5, 0.6) is 0 Å². The Bertz CT molecular complexity index is 364. The molecule has 0 heterocycles. The van der Waals surface area contributed by atoms with E-state index in [1.54, 1.807) is 12.1 Å². The molecular formula is C15H25FN2. The summed E-state index contributed by atoms with van der Waals surface area (Å²) in [6, 6.07) is 5.31. The molecule has 18 heavy (non-hydrogen) atoms. The van der Waals surface area contributed by atoms with Crippen LogP contribution < -0.4 is 10.2 Å². The van der Waals surface area contributed by atoms with Crippen molar-refractivity contribution in [1.29, 1.82) is 0 Å². The van der Waals surface area contributed by atoms with Gasteiger partial charge in [0.25, 0.3) is 0 Å². The van der Waals surface area contributed by atoms with Crippen molar-refractivity contribution >= 4 is 5.69 Å². The van der Waals surface area contributed by atoms with Crippen molar-refractivity contribution in [1.82, 2.24) is 5.32 Å². The van der Waals surface area contributed by atoms with Gasteiger partial charge in [-0.15, -0.1) is 0 Å². The zero-order valence-corrected chi connectivity index (χ0v) is 12.0. The van der Waals surface area contributed by atoms with E-state index in [1.807, 2.05) is 0 Å². The minimum Gasteiger partial charge on any atom is -0.371 e. The Hall–Kier alpha value is -1.09. The molecule has 0 spiro atoms. The molecule has 0 atom stereocenters. The third-order valence-corrected chi connectivity index (χ3v) is 2.85. The van der Waals surface area contributed by atoms with Crippen LogP contribution in [0, 0.1) is 11.7 Å². The van der Waals surface area contributed by atoms with E-state index in [0.717, 1.165) is 37.4 Å². The first-order chi connectivity index (χ1) is 8.56. The maximum atomic E-state index is 13.6. The highest BCUT2D eigenvalue weighted by atomic mass is 19.1. The van der Waals surface area contributed by atoms with Crippen LogP contribution in [0.15, 0.2) is 18.2 Å². The zero-order valence-electron chi connectivity index (χ0n) is 12.0. The van der Waals surface area contributed by atoms with E-state index in [0.29, 0.717) is 5.92 Å². The third kappa shape index (κ3) is 4.65. The van der Waals surface area contributed by atoms with E-state index >= 15 is 0 Å². The van der Waals surface area contributed by atoms with Crippen LogP contribution in [0.2, 0.25) is 0 Å². The van der Waals surface area contributed by atoms with Gasteiger partial charge in [-0.25, -0.2) is 4.39 Å². The Morgan fingerprint density at radius 1 is 1.22 bits per heavy atom. The van der Waals surface area contributed by atoms with E-state index < -0.39 is 0 Å². The molecule has 0 aromatic heterocycles. The lowest BCUT2D eigenvalue weighted by molar-refractivity contribution is 0.605. The van der Waals surface area contributed by atoms with Crippen molar-refractivity contribution in [3.8, 4) is 0 Å². The van der Waals surface area contributed by atoms with Crippen LogP contribution in [0.25, 0.3) is 0 Å². The molecule has 0 aliphatic carbocycles. The topological polar surface area (TPSA) is 15.3 Å². The minimum atomic E-state index is -0.150. The summed E-state index contributed by atoms with van der Waals surface area (Å²) >= 11 is 0. The molecule has 0 amide bonds. The fourth-order valence-corrected chi connectivity index (χ4v) is 2.05. The smallest absolute Gasteiger partial charge is 0.125 e. The molecule has 102 valence electrons. The van der Waals surface area contributed by atoms with Crippen molar-refractivity contribution in [2.45, 2.75) is 34.2 Å². The van der Waals surface area contributed by atoms with Gasteiger partial charge in [0.05, 0.1) is 0 Å². The Morgan fingerprint density at radius 2 is 1.94 bits per heavy atom. The molecule has 0 radical (unpaired) electrons. The molecule has 1 aromatic carbocycles. The average molecular weight is 252 g/mol. The standard InChI is InChI=1S/C15H25FN2/c1-5-17-10-13-7-14(16)9-15(8-13)18(6-2)11-12(3)4/h7-9,12,17H,5-6,10-11H2,1-4H3. The highest BCUT2D eigenvalue weighted by Crippen LogP contribution is 2.19. The molecule has 1 aromatic rings. The highest BCUT2D eigenvalue weighted by molar-refractivity contribution is 5.49. The van der Waals surface area contributed by atoms with Gasteiger partial charge in [-0.2, -0.15) is 0 Å². The summed E-state index contributed by atoms with van der Waals surface area (Å²) in [4.78, 5) is 2.23. The maximum Gasteiger partial charge on any atom is 0.125 e. The lowest BCUT2D eigenvalue weighted by Crippen LogP contribution is -2.27. The van der Waals surface area contributed by atoms with Crippen molar-refractivity contribution in [3.63, 3.8) is 0 Å². The summed E-state index contributed by atoms with van der Waals surface area (Å²) in [7, 11) is 0. The summed E-state index contributed by atoms with van der Waals surface area (Å²) in [5, 5.41) is 3.23. The van der Waals surface area contributed by atoms with Gasteiger partial charge in [0, 0.05) is 25.3 Å². The Balaban J connectivity index is 2.88. The second kappa shape index (κ2) is 7.37. The molecule has 1 rings (SSSR count). The SMILES string of the molecule is CCNCc1cc(F)cc(N(CC)CC(C)C)c1. The highest BCUT2D eigenvalue weighted by Gasteiger charge is 2.09. The van der Waals surface area contributed by atoms with Crippen LogP contribution in [-0.4, -0.2) is 19.6 Å². The predicted molar refractivity (Wildman–Crippen MR) is 76.5 cm³/mol. The molecule has 0 saturated carbocycles. The van der Waals surface area contributed by atoms with E-state index in [1.165, 1.54) is 0 Å². The largest absolute Gasteiger partial charge is 0.371 e. The van der Waals surface area contributed by atoms with Gasteiger partial charge < -0.3 is 10.2 Å². The Morgan fingerprint density at radius 3 is 2.50 bits per heavy atom. The van der Waals surface area contributed by atoms with Crippen LogP contribution >= 0.6 is 0 Å². The molecule has 0 fully saturated rings. The second-order valence-electron chi connectivity index (χ2n) is 5.03. The number of nitrogens with one attached hydrogen (secondary N) is 1. The predicted octanol–water partition coefficient (Wildman–Crippen LogP) is 3.42. The maximum absolute atomic E-state index is 13.6. The molecule has 0 bridgehead atoms. The number of hydrogen-bond acceptors (Lipinski definition) is 2. The first-order valence-electron chi connectivity index (χ1n) is 6.81. The normalized spacial score (nSPS) is 11.0. The van der Waals surface area contributed by atoms with Crippen molar-refractivity contribution in [2.24, 2.45) is 5.92 Å². The van der Waals surface area contributed by atoms with Gasteiger partial charge in [0.2, 0.25) is 0 Å². The third-order valence-electron chi connectivity index (χ3n) is 2.85. The number of hydrogen-bond donors (Lipinski definition) is 1. The summed E-state index contributed by atoms with van der Waals surface area (Å²) in [6.45, 7) is 12.0. The summed E-state index contributed by atoms with van der Waals surface area (Å²) in [5.41, 5.74) is 1.99. The summed E-state index contributed by atoms with van der Waals surface area (Å²) in [6.07, 6.45) is 0. The van der Waals surface area contributed by atoms with Gasteiger partial charge in [0.15, 0.2) is 0 Å². The molecule has 1 N–H and O–H groups in total. The molecule has 2 nitrogen and oxygen atoms in total. The van der Waals surface area contributed by atoms with Gasteiger partial charge in [-0.3, -0.25) is 0 Å². The van der Waals surface area contributed by atoms with Crippen LogP contribution in [0.1, 0.15) is 33.3 Å². The monoisotopic (exact) mass is 252 g/mol. The number of benzene rings is 1. The number of rotatable bonds is 7. The van der Waals surface area contributed by atoms with E-state index in [9.17, 15) is 4.39 Å². The van der Waals surface area contributed by atoms with Gasteiger partial charge >= 0.3 is 0 Å². The molecule has 0 unspecified atom stereocenters. The van der Waals surface area contributed by atoms with Gasteiger partial charge in [0.1, 0.15) is 5.82 Å². The second-order valence-corrected chi connectivity index (χ2v) is 5.03. The minimum absolute atomic E-state index is 0.150. The fraction of sp³-hybridized carbons (Fsp3) is 0.600. The number of anilines is 1. The zero-order chi connectivity index (χ0) is 13.5. The quantitative estimate of drug-likeness (QED) is 0.800. The summed E-state index contributed by atoms with van der Waals surface area (Å²) in [5.74, 6) is 0.424. The fourth-order valence-electron chi connectivity index (χ4n) is 2.05. The van der Waals surface area contributed by atoms with Crippen molar-refractivity contribution < 1.29 is 4.39 Å². The van der Waals surface area contributed by atoms with Crippen molar-refractivity contribution in [2.75, 3.05) is 24.5 Å². The molecule has 0 saturated heterocycles. The molecule has 3 heteroatoms. The average Bonchev–Trinajstić information content (AvgIpc) is 2.32. The van der Waals surface area contributed by atoms with Gasteiger partial charge in [-0.1, -0.05) is 20.8 Å². The van der Waals surface area contributed by atoms with Gasteiger partial charge in [-0.05, 0) is 43.1 Å². The van der Waals surface area contributed by atoms with Crippen LogP contribution in [0.3, 0.4) is 0 Å². The lowest BCUT2D eigenvalue weighted by Gasteiger charge is -2.25. The Labute approximate surface area is 110 Å². The summed E-state index contributed by atoms with van der Waals surface area (Å²) < 4.78 is 13.6.